The van der Waals surface area contributed by atoms with Gasteiger partial charge < -0.3 is 5.73 Å². The van der Waals surface area contributed by atoms with Gasteiger partial charge in [-0.25, -0.2) is 0 Å². The van der Waals surface area contributed by atoms with Crippen molar-refractivity contribution in [1.82, 2.24) is 0 Å². The van der Waals surface area contributed by atoms with Crippen molar-refractivity contribution in [3.05, 3.63) is 20.3 Å². The summed E-state index contributed by atoms with van der Waals surface area (Å²) >= 11 is 5.18. The quantitative estimate of drug-likeness (QED) is 0.810. The lowest BCUT2D eigenvalue weighted by atomic mass is 10.2. The van der Waals surface area contributed by atoms with Gasteiger partial charge in [0.2, 0.25) is 0 Å². The molecule has 3 heteroatoms. The topological polar surface area (TPSA) is 26.0 Å². The zero-order valence-corrected chi connectivity index (χ0v) is 10.1. The molecule has 70 valence electrons. The van der Waals surface area contributed by atoms with Gasteiger partial charge in [-0.2, -0.15) is 0 Å². The Hall–Kier alpha value is -0.300. The Morgan fingerprint density at radius 3 is 2.85 bits per heavy atom. The normalized spacial score (nSPS) is 12.0. The molecule has 1 atom stereocenters. The monoisotopic (exact) mass is 257 g/mol. The maximum absolute atomic E-state index is 5.95. The summed E-state index contributed by atoms with van der Waals surface area (Å²) in [7, 11) is 0. The minimum Gasteiger partial charge on any atom is -0.322 e. The van der Waals surface area contributed by atoms with E-state index in [1.165, 1.54) is 14.2 Å². The Balaban J connectivity index is 2.75. The second-order valence-corrected chi connectivity index (χ2v) is 5.24. The molecule has 1 aromatic heterocycles. The number of aryl methyl sites for hydroxylation is 1. The van der Waals surface area contributed by atoms with Gasteiger partial charge in [0.15, 0.2) is 0 Å². The molecule has 0 bridgehead atoms. The second-order valence-electron chi connectivity index (χ2n) is 2.84. The van der Waals surface area contributed by atoms with Gasteiger partial charge >= 0.3 is 0 Å². The molecule has 0 aliphatic rings. The molecule has 0 saturated heterocycles. The van der Waals surface area contributed by atoms with E-state index in [4.69, 9.17) is 5.73 Å². The van der Waals surface area contributed by atoms with Crippen molar-refractivity contribution in [3.8, 4) is 11.8 Å². The number of halogens is 1. The summed E-state index contributed by atoms with van der Waals surface area (Å²) in [5, 5.41) is 0. The van der Waals surface area contributed by atoms with E-state index in [9.17, 15) is 0 Å². The average molecular weight is 258 g/mol. The van der Waals surface area contributed by atoms with Crippen molar-refractivity contribution < 1.29 is 0 Å². The number of thiophene rings is 1. The maximum atomic E-state index is 5.95. The van der Waals surface area contributed by atoms with E-state index < -0.39 is 0 Å². The molecule has 1 aromatic rings. The molecule has 2 N–H and O–H groups in total. The lowest BCUT2D eigenvalue weighted by Crippen LogP contribution is -2.06. The van der Waals surface area contributed by atoms with Crippen molar-refractivity contribution in [2.45, 2.75) is 26.3 Å². The molecule has 1 rings (SSSR count). The number of hydrogen-bond acceptors (Lipinski definition) is 2. The first-order chi connectivity index (χ1) is 6.15. The van der Waals surface area contributed by atoms with Crippen LogP contribution in [-0.2, 0) is 0 Å². The van der Waals surface area contributed by atoms with Gasteiger partial charge in [0.05, 0.1) is 9.83 Å². The van der Waals surface area contributed by atoms with Gasteiger partial charge in [0, 0.05) is 11.3 Å². The molecule has 0 aliphatic carbocycles. The highest BCUT2D eigenvalue weighted by Crippen LogP contribution is 2.31. The van der Waals surface area contributed by atoms with Crippen LogP contribution < -0.4 is 5.73 Å². The first-order valence-corrected chi connectivity index (χ1v) is 5.67. The van der Waals surface area contributed by atoms with Crippen LogP contribution in [0.15, 0.2) is 9.85 Å². The highest BCUT2D eigenvalue weighted by atomic mass is 79.9. The summed E-state index contributed by atoms with van der Waals surface area (Å²) in [5.41, 5.74) is 7.20. The molecule has 0 saturated carbocycles. The molecule has 1 heterocycles. The van der Waals surface area contributed by atoms with Gasteiger partial charge in [-0.3, -0.25) is 0 Å². The molecule has 0 aliphatic heterocycles. The third kappa shape index (κ3) is 2.84. The first kappa shape index (κ1) is 10.8. The van der Waals surface area contributed by atoms with Gasteiger partial charge in [-0.15, -0.1) is 23.2 Å². The van der Waals surface area contributed by atoms with E-state index in [0.717, 1.165) is 6.42 Å². The van der Waals surface area contributed by atoms with Gasteiger partial charge in [-0.05, 0) is 41.4 Å². The van der Waals surface area contributed by atoms with Gasteiger partial charge in [0.25, 0.3) is 0 Å². The highest BCUT2D eigenvalue weighted by Gasteiger charge is 2.09. The van der Waals surface area contributed by atoms with Crippen LogP contribution in [0.2, 0.25) is 0 Å². The lowest BCUT2D eigenvalue weighted by molar-refractivity contribution is 0.770. The zero-order chi connectivity index (χ0) is 9.84. The fourth-order valence-electron chi connectivity index (χ4n) is 0.979. The zero-order valence-electron chi connectivity index (χ0n) is 7.73. The summed E-state index contributed by atoms with van der Waals surface area (Å²) in [6.07, 6.45) is 0.739. The van der Waals surface area contributed by atoms with Crippen LogP contribution in [0, 0.1) is 18.8 Å². The molecule has 13 heavy (non-hydrogen) atoms. The Morgan fingerprint density at radius 2 is 2.38 bits per heavy atom. The molecule has 0 amide bonds. The number of hydrogen-bond donors (Lipinski definition) is 1. The average Bonchev–Trinajstić information content (AvgIpc) is 2.43. The van der Waals surface area contributed by atoms with Crippen LogP contribution >= 0.6 is 27.3 Å². The van der Waals surface area contributed by atoms with Crippen LogP contribution in [0.1, 0.15) is 29.8 Å². The van der Waals surface area contributed by atoms with E-state index in [1.807, 2.05) is 6.92 Å². The Bertz CT molecular complexity index is 326. The summed E-state index contributed by atoms with van der Waals surface area (Å²) in [6.45, 7) is 3.91. The van der Waals surface area contributed by atoms with Crippen molar-refractivity contribution in [2.75, 3.05) is 0 Å². The SMILES string of the molecule is CC#CCC(N)c1cc(C)c(Br)s1. The van der Waals surface area contributed by atoms with Crippen molar-refractivity contribution in [1.29, 1.82) is 0 Å². The van der Waals surface area contributed by atoms with E-state index in [2.05, 4.69) is 40.8 Å². The smallest absolute Gasteiger partial charge is 0.0731 e. The summed E-state index contributed by atoms with van der Waals surface area (Å²) in [5.74, 6) is 5.84. The lowest BCUT2D eigenvalue weighted by Gasteiger charge is -2.02. The van der Waals surface area contributed by atoms with Crippen LogP contribution in [0.5, 0.6) is 0 Å². The standard InChI is InChI=1S/C10H12BrNS/c1-3-4-5-8(12)9-6-7(2)10(11)13-9/h6,8H,5,12H2,1-2H3. The Kier molecular flexibility index (Phi) is 3.98. The summed E-state index contributed by atoms with van der Waals surface area (Å²) in [6, 6.07) is 2.18. The third-order valence-electron chi connectivity index (χ3n) is 1.74. The summed E-state index contributed by atoms with van der Waals surface area (Å²) in [4.78, 5) is 1.20. The van der Waals surface area contributed by atoms with Crippen LogP contribution in [0.3, 0.4) is 0 Å². The predicted molar refractivity (Wildman–Crippen MR) is 61.8 cm³/mol. The third-order valence-corrected chi connectivity index (χ3v) is 4.01. The van der Waals surface area contributed by atoms with Crippen LogP contribution in [-0.4, -0.2) is 0 Å². The van der Waals surface area contributed by atoms with E-state index in [0.29, 0.717) is 0 Å². The first-order valence-electron chi connectivity index (χ1n) is 4.06. The maximum Gasteiger partial charge on any atom is 0.0731 e. The fourth-order valence-corrected chi connectivity index (χ4v) is 2.55. The predicted octanol–water partition coefficient (Wildman–Crippen LogP) is 3.23. The molecule has 1 nitrogen and oxygen atoms in total. The molecule has 0 aromatic carbocycles. The van der Waals surface area contributed by atoms with Crippen LogP contribution in [0.25, 0.3) is 0 Å². The van der Waals surface area contributed by atoms with Crippen molar-refractivity contribution >= 4 is 27.3 Å². The molecule has 0 radical (unpaired) electrons. The van der Waals surface area contributed by atoms with Gasteiger partial charge in [0.1, 0.15) is 0 Å². The summed E-state index contributed by atoms with van der Waals surface area (Å²) < 4.78 is 1.17. The van der Waals surface area contributed by atoms with E-state index in [-0.39, 0.29) is 6.04 Å². The fraction of sp³-hybridized carbons (Fsp3) is 0.400. The molecular weight excluding hydrogens is 246 g/mol. The molecule has 0 spiro atoms. The minimum absolute atomic E-state index is 0.0578. The van der Waals surface area contributed by atoms with E-state index >= 15 is 0 Å². The largest absolute Gasteiger partial charge is 0.322 e. The van der Waals surface area contributed by atoms with E-state index in [1.54, 1.807) is 11.3 Å². The number of rotatable bonds is 2. The van der Waals surface area contributed by atoms with Crippen molar-refractivity contribution in [3.63, 3.8) is 0 Å². The second kappa shape index (κ2) is 4.80. The van der Waals surface area contributed by atoms with Gasteiger partial charge in [-0.1, -0.05) is 0 Å². The van der Waals surface area contributed by atoms with Crippen molar-refractivity contribution in [2.24, 2.45) is 5.73 Å². The molecular formula is C10H12BrNS. The highest BCUT2D eigenvalue weighted by molar-refractivity contribution is 9.11. The number of nitrogens with two attached hydrogens (primary N) is 1. The Morgan fingerprint density at radius 1 is 1.69 bits per heavy atom. The minimum atomic E-state index is 0.0578. The molecule has 0 fully saturated rings. The Labute approximate surface area is 91.5 Å². The van der Waals surface area contributed by atoms with Crippen LogP contribution in [0.4, 0.5) is 0 Å². The molecule has 1 unspecified atom stereocenters.